The minimum atomic E-state index is -0.392. The van der Waals surface area contributed by atoms with Gasteiger partial charge in [0.1, 0.15) is 0 Å². The van der Waals surface area contributed by atoms with Gasteiger partial charge in [0.2, 0.25) is 5.91 Å². The average molecular weight is 287 g/mol. The topological polar surface area (TPSA) is 93.2 Å². The fourth-order valence-corrected chi connectivity index (χ4v) is 1.86. The van der Waals surface area contributed by atoms with E-state index in [1.165, 1.54) is 16.6 Å². The molecule has 2 aromatic rings. The SMILES string of the molecule is CN(CC(=O)Nc1ccccc1)C(=O)c1nn(C)cc1N. The highest BCUT2D eigenvalue weighted by Gasteiger charge is 2.20. The van der Waals surface area contributed by atoms with E-state index in [2.05, 4.69) is 10.4 Å². The number of benzene rings is 1. The summed E-state index contributed by atoms with van der Waals surface area (Å²) >= 11 is 0. The molecule has 0 fully saturated rings. The van der Waals surface area contributed by atoms with Gasteiger partial charge < -0.3 is 16.0 Å². The Morgan fingerprint density at radius 3 is 2.57 bits per heavy atom. The van der Waals surface area contributed by atoms with Crippen LogP contribution in [0.1, 0.15) is 10.5 Å². The van der Waals surface area contributed by atoms with Crippen LogP contribution in [0.2, 0.25) is 0 Å². The number of carbonyl (C=O) groups is 2. The van der Waals surface area contributed by atoms with E-state index < -0.39 is 5.91 Å². The number of anilines is 2. The zero-order valence-corrected chi connectivity index (χ0v) is 11.9. The van der Waals surface area contributed by atoms with Gasteiger partial charge in [0.25, 0.3) is 5.91 Å². The lowest BCUT2D eigenvalue weighted by Crippen LogP contribution is -2.35. The van der Waals surface area contributed by atoms with Crippen LogP contribution < -0.4 is 11.1 Å². The summed E-state index contributed by atoms with van der Waals surface area (Å²) in [5.74, 6) is -0.678. The molecule has 2 rings (SSSR count). The summed E-state index contributed by atoms with van der Waals surface area (Å²) in [6.07, 6.45) is 1.55. The van der Waals surface area contributed by atoms with E-state index >= 15 is 0 Å². The van der Waals surface area contributed by atoms with Crippen LogP contribution in [0.5, 0.6) is 0 Å². The van der Waals surface area contributed by atoms with E-state index in [1.807, 2.05) is 18.2 Å². The molecule has 0 bridgehead atoms. The molecule has 0 saturated heterocycles. The van der Waals surface area contributed by atoms with Gasteiger partial charge in [-0.1, -0.05) is 18.2 Å². The Balaban J connectivity index is 1.97. The van der Waals surface area contributed by atoms with Crippen molar-refractivity contribution in [3.63, 3.8) is 0 Å². The lowest BCUT2D eigenvalue weighted by molar-refractivity contribution is -0.116. The molecule has 1 aromatic heterocycles. The number of aromatic nitrogens is 2. The van der Waals surface area contributed by atoms with Gasteiger partial charge in [0.15, 0.2) is 5.69 Å². The van der Waals surface area contributed by atoms with Gasteiger partial charge in [-0.15, -0.1) is 0 Å². The van der Waals surface area contributed by atoms with E-state index in [9.17, 15) is 9.59 Å². The van der Waals surface area contributed by atoms with E-state index in [0.29, 0.717) is 5.69 Å². The molecule has 0 aliphatic heterocycles. The van der Waals surface area contributed by atoms with Crippen molar-refractivity contribution in [3.05, 3.63) is 42.2 Å². The highest BCUT2D eigenvalue weighted by molar-refractivity contribution is 6.00. The number of aryl methyl sites for hydroxylation is 1. The number of hydrogen-bond acceptors (Lipinski definition) is 4. The summed E-state index contributed by atoms with van der Waals surface area (Å²) in [4.78, 5) is 25.3. The van der Waals surface area contributed by atoms with Crippen LogP contribution >= 0.6 is 0 Å². The summed E-state index contributed by atoms with van der Waals surface area (Å²) in [7, 11) is 3.20. The van der Waals surface area contributed by atoms with Crippen LogP contribution in [-0.2, 0) is 11.8 Å². The van der Waals surface area contributed by atoms with Crippen molar-refractivity contribution in [2.75, 3.05) is 24.6 Å². The molecule has 0 spiro atoms. The number of carbonyl (C=O) groups excluding carboxylic acids is 2. The average Bonchev–Trinajstić information content (AvgIpc) is 2.77. The Bertz CT molecular complexity index is 651. The molecule has 7 heteroatoms. The molecule has 0 saturated carbocycles. The summed E-state index contributed by atoms with van der Waals surface area (Å²) < 4.78 is 1.46. The number of likely N-dealkylation sites (N-methyl/N-ethyl adjacent to an activating group) is 1. The van der Waals surface area contributed by atoms with Crippen LogP contribution in [0.3, 0.4) is 0 Å². The minimum absolute atomic E-state index is 0.0796. The van der Waals surface area contributed by atoms with Gasteiger partial charge in [-0.25, -0.2) is 0 Å². The Morgan fingerprint density at radius 2 is 2.00 bits per heavy atom. The monoisotopic (exact) mass is 287 g/mol. The first kappa shape index (κ1) is 14.6. The highest BCUT2D eigenvalue weighted by Crippen LogP contribution is 2.11. The van der Waals surface area contributed by atoms with Gasteiger partial charge in [0, 0.05) is 26.0 Å². The molecule has 3 N–H and O–H groups in total. The second kappa shape index (κ2) is 6.08. The molecule has 0 atom stereocenters. The molecule has 110 valence electrons. The smallest absolute Gasteiger partial charge is 0.276 e. The highest BCUT2D eigenvalue weighted by atomic mass is 16.2. The molecular formula is C14H17N5O2. The number of nitrogen functional groups attached to an aromatic ring is 1. The number of rotatable bonds is 4. The second-order valence-electron chi connectivity index (χ2n) is 4.68. The van der Waals surface area contributed by atoms with Crippen molar-refractivity contribution < 1.29 is 9.59 Å². The standard InChI is InChI=1S/C14H17N5O2/c1-18(14(21)13-11(15)8-19(2)17-13)9-12(20)16-10-6-4-3-5-7-10/h3-8H,9,15H2,1-2H3,(H,16,20). The number of nitrogens with zero attached hydrogens (tertiary/aromatic N) is 3. The molecular weight excluding hydrogens is 270 g/mol. The first-order valence-corrected chi connectivity index (χ1v) is 6.37. The molecule has 0 aliphatic carbocycles. The van der Waals surface area contributed by atoms with Gasteiger partial charge in [-0.05, 0) is 12.1 Å². The number of para-hydroxylation sites is 1. The van der Waals surface area contributed by atoms with Crippen molar-refractivity contribution in [2.45, 2.75) is 0 Å². The summed E-state index contributed by atoms with van der Waals surface area (Å²) in [5, 5.41) is 6.70. The van der Waals surface area contributed by atoms with Crippen LogP contribution in [0.15, 0.2) is 36.5 Å². The first-order chi connectivity index (χ1) is 9.97. The lowest BCUT2D eigenvalue weighted by Gasteiger charge is -2.15. The van der Waals surface area contributed by atoms with Gasteiger partial charge in [-0.2, -0.15) is 5.10 Å². The zero-order chi connectivity index (χ0) is 15.4. The van der Waals surface area contributed by atoms with Crippen molar-refractivity contribution in [1.29, 1.82) is 0 Å². The molecule has 0 aliphatic rings. The maximum absolute atomic E-state index is 12.2. The van der Waals surface area contributed by atoms with Gasteiger partial charge in [0.05, 0.1) is 12.2 Å². The summed E-state index contributed by atoms with van der Waals surface area (Å²) in [5.41, 5.74) is 6.82. The van der Waals surface area contributed by atoms with Crippen LogP contribution in [0.4, 0.5) is 11.4 Å². The molecule has 0 radical (unpaired) electrons. The van der Waals surface area contributed by atoms with Crippen molar-refractivity contribution >= 4 is 23.2 Å². The maximum atomic E-state index is 12.2. The Kier molecular flexibility index (Phi) is 4.22. The summed E-state index contributed by atoms with van der Waals surface area (Å²) in [6, 6.07) is 9.04. The third kappa shape index (κ3) is 3.59. The zero-order valence-electron chi connectivity index (χ0n) is 11.9. The Morgan fingerprint density at radius 1 is 1.33 bits per heavy atom. The predicted molar refractivity (Wildman–Crippen MR) is 79.7 cm³/mol. The molecule has 0 unspecified atom stereocenters. The third-order valence-corrected chi connectivity index (χ3v) is 2.84. The second-order valence-corrected chi connectivity index (χ2v) is 4.68. The molecule has 1 aromatic carbocycles. The van der Waals surface area contributed by atoms with Crippen molar-refractivity contribution in [3.8, 4) is 0 Å². The fraction of sp³-hybridized carbons (Fsp3) is 0.214. The third-order valence-electron chi connectivity index (χ3n) is 2.84. The number of nitrogens with two attached hydrogens (primary N) is 1. The molecule has 7 nitrogen and oxygen atoms in total. The van der Waals surface area contributed by atoms with Crippen LogP contribution in [-0.4, -0.2) is 40.1 Å². The minimum Gasteiger partial charge on any atom is -0.396 e. The Labute approximate surface area is 122 Å². The number of nitrogens with one attached hydrogen (secondary N) is 1. The van der Waals surface area contributed by atoms with E-state index in [-0.39, 0.29) is 23.8 Å². The fourth-order valence-electron chi connectivity index (χ4n) is 1.86. The van der Waals surface area contributed by atoms with Gasteiger partial charge >= 0.3 is 0 Å². The van der Waals surface area contributed by atoms with Crippen molar-refractivity contribution in [1.82, 2.24) is 14.7 Å². The quantitative estimate of drug-likeness (QED) is 0.866. The Hall–Kier alpha value is -2.83. The first-order valence-electron chi connectivity index (χ1n) is 6.37. The molecule has 1 heterocycles. The normalized spacial score (nSPS) is 10.2. The van der Waals surface area contributed by atoms with Crippen LogP contribution in [0.25, 0.3) is 0 Å². The van der Waals surface area contributed by atoms with Crippen molar-refractivity contribution in [2.24, 2.45) is 7.05 Å². The molecule has 21 heavy (non-hydrogen) atoms. The van der Waals surface area contributed by atoms with E-state index in [4.69, 9.17) is 5.73 Å². The number of amides is 2. The predicted octanol–water partition coefficient (Wildman–Crippen LogP) is 0.713. The maximum Gasteiger partial charge on any atom is 0.276 e. The van der Waals surface area contributed by atoms with E-state index in [1.54, 1.807) is 25.4 Å². The van der Waals surface area contributed by atoms with Crippen LogP contribution in [0, 0.1) is 0 Å². The number of hydrogen-bond donors (Lipinski definition) is 2. The largest absolute Gasteiger partial charge is 0.396 e. The lowest BCUT2D eigenvalue weighted by atomic mass is 10.3. The van der Waals surface area contributed by atoms with E-state index in [0.717, 1.165) is 0 Å². The summed E-state index contributed by atoms with van der Waals surface area (Å²) in [6.45, 7) is -0.0796. The van der Waals surface area contributed by atoms with Gasteiger partial charge in [-0.3, -0.25) is 14.3 Å². The molecule has 2 amide bonds.